The van der Waals surface area contributed by atoms with Crippen LogP contribution < -0.4 is 4.90 Å². The molecule has 0 amide bonds. The van der Waals surface area contributed by atoms with Gasteiger partial charge in [0.15, 0.2) is 6.04 Å². The first kappa shape index (κ1) is 16.5. The van der Waals surface area contributed by atoms with Gasteiger partial charge in [0.25, 0.3) is 11.8 Å². The van der Waals surface area contributed by atoms with E-state index in [-0.39, 0.29) is 6.04 Å². The van der Waals surface area contributed by atoms with Crippen molar-refractivity contribution in [1.82, 2.24) is 10.2 Å². The van der Waals surface area contributed by atoms with Gasteiger partial charge in [0.2, 0.25) is 0 Å². The van der Waals surface area contributed by atoms with Crippen molar-refractivity contribution in [2.45, 2.75) is 19.5 Å². The van der Waals surface area contributed by atoms with Crippen LogP contribution in [-0.2, 0) is 6.54 Å². The Labute approximate surface area is 148 Å². The Kier molecular flexibility index (Phi) is 5.02. The van der Waals surface area contributed by atoms with E-state index in [4.69, 9.17) is 27.6 Å². The van der Waals surface area contributed by atoms with Crippen LogP contribution in [0.5, 0.6) is 0 Å². The highest BCUT2D eigenvalue weighted by molar-refractivity contribution is 7.13. The van der Waals surface area contributed by atoms with Gasteiger partial charge in [-0.05, 0) is 30.5 Å². The summed E-state index contributed by atoms with van der Waals surface area (Å²) in [5.41, 5.74) is 1.11. The maximum Gasteiger partial charge on any atom is 0.274 e. The minimum atomic E-state index is 0.0747. The number of quaternary nitrogens is 1. The van der Waals surface area contributed by atoms with E-state index in [1.54, 1.807) is 11.3 Å². The molecule has 0 radical (unpaired) electrons. The largest absolute Gasteiger partial charge is 0.414 e. The number of thiophene rings is 1. The Morgan fingerprint density at radius 2 is 2.04 bits per heavy atom. The predicted octanol–water partition coefficient (Wildman–Crippen LogP) is 3.88. The highest BCUT2D eigenvalue weighted by Crippen LogP contribution is 2.24. The molecule has 0 aliphatic heterocycles. The molecule has 0 fully saturated rings. The third kappa shape index (κ3) is 3.75. The van der Waals surface area contributed by atoms with Gasteiger partial charge in [-0.25, -0.2) is 0 Å². The molecular weight excluding hydrogens is 353 g/mol. The normalized spacial score (nSPS) is 13.9. The van der Waals surface area contributed by atoms with E-state index in [9.17, 15) is 0 Å². The number of aromatic nitrogens is 2. The number of hydrogen-bond acceptors (Lipinski definition) is 4. The highest BCUT2D eigenvalue weighted by Gasteiger charge is 2.23. The van der Waals surface area contributed by atoms with Crippen LogP contribution in [0.15, 0.2) is 40.1 Å². The Morgan fingerprint density at radius 1 is 1.22 bits per heavy atom. The van der Waals surface area contributed by atoms with Gasteiger partial charge in [0.05, 0.1) is 22.0 Å². The molecule has 120 valence electrons. The van der Waals surface area contributed by atoms with Crippen LogP contribution in [-0.4, -0.2) is 17.2 Å². The Morgan fingerprint density at radius 3 is 2.74 bits per heavy atom. The number of hydrogen-bond donors (Lipinski definition) is 1. The molecule has 1 aromatic carbocycles. The molecule has 3 aromatic rings. The zero-order valence-corrected chi connectivity index (χ0v) is 15.0. The molecule has 1 unspecified atom stereocenters. The fraction of sp³-hybridized carbons (Fsp3) is 0.250. The first-order valence-electron chi connectivity index (χ1n) is 7.18. The summed E-state index contributed by atoms with van der Waals surface area (Å²) in [6.45, 7) is 2.85. The lowest BCUT2D eigenvalue weighted by Gasteiger charge is -2.19. The van der Waals surface area contributed by atoms with E-state index >= 15 is 0 Å². The number of rotatable bonds is 5. The maximum absolute atomic E-state index is 6.07. The fourth-order valence-corrected chi connectivity index (χ4v) is 3.21. The molecule has 4 nitrogen and oxygen atoms in total. The van der Waals surface area contributed by atoms with Gasteiger partial charge < -0.3 is 9.32 Å². The highest BCUT2D eigenvalue weighted by atomic mass is 35.5. The predicted molar refractivity (Wildman–Crippen MR) is 93.1 cm³/mol. The summed E-state index contributed by atoms with van der Waals surface area (Å²) in [5.74, 6) is 1.20. The lowest BCUT2D eigenvalue weighted by molar-refractivity contribution is -0.925. The Hall–Kier alpha value is -1.40. The second-order valence-electron chi connectivity index (χ2n) is 5.42. The van der Waals surface area contributed by atoms with Crippen LogP contribution in [0.3, 0.4) is 0 Å². The fourth-order valence-electron chi connectivity index (χ4n) is 2.24. The minimum Gasteiger partial charge on any atom is -0.414 e. The van der Waals surface area contributed by atoms with E-state index in [2.05, 4.69) is 24.2 Å². The summed E-state index contributed by atoms with van der Waals surface area (Å²) in [7, 11) is 2.09. The topological polar surface area (TPSA) is 43.4 Å². The van der Waals surface area contributed by atoms with Gasteiger partial charge in [-0.15, -0.1) is 21.5 Å². The molecule has 23 heavy (non-hydrogen) atoms. The SMILES string of the molecule is C[C@H](c1nnc(-c2cccs2)o1)[NH+](C)Cc1ccc(Cl)c(Cl)c1. The van der Waals surface area contributed by atoms with Crippen molar-refractivity contribution >= 4 is 34.5 Å². The van der Waals surface area contributed by atoms with E-state index in [0.717, 1.165) is 17.0 Å². The quantitative estimate of drug-likeness (QED) is 0.742. The van der Waals surface area contributed by atoms with Gasteiger partial charge >= 0.3 is 0 Å². The van der Waals surface area contributed by atoms with Crippen LogP contribution in [0.4, 0.5) is 0 Å². The molecule has 2 heterocycles. The molecule has 0 saturated heterocycles. The zero-order chi connectivity index (χ0) is 16.4. The smallest absolute Gasteiger partial charge is 0.274 e. The van der Waals surface area contributed by atoms with E-state index < -0.39 is 0 Å². The van der Waals surface area contributed by atoms with Crippen molar-refractivity contribution in [3.63, 3.8) is 0 Å². The zero-order valence-electron chi connectivity index (χ0n) is 12.7. The summed E-state index contributed by atoms with van der Waals surface area (Å²) >= 11 is 13.6. The number of nitrogens with one attached hydrogen (secondary N) is 1. The van der Waals surface area contributed by atoms with E-state index in [1.165, 1.54) is 4.90 Å². The summed E-state index contributed by atoms with van der Waals surface area (Å²) in [5, 5.41) is 11.5. The molecule has 0 spiro atoms. The Balaban J connectivity index is 1.72. The third-order valence-electron chi connectivity index (χ3n) is 3.75. The average Bonchev–Trinajstić information content (AvgIpc) is 3.20. The molecular formula is C16H16Cl2N3OS+. The molecule has 2 aromatic heterocycles. The second kappa shape index (κ2) is 7.01. The standard InChI is InChI=1S/C16H15Cl2N3OS/c1-10(15-19-20-16(22-15)14-4-3-7-23-14)21(2)9-11-5-6-12(17)13(18)8-11/h3-8,10H,9H2,1-2H3/p+1/t10-/m1/s1. The third-order valence-corrected chi connectivity index (χ3v) is 5.35. The molecule has 1 N–H and O–H groups in total. The molecule has 0 bridgehead atoms. The van der Waals surface area contributed by atoms with Crippen molar-refractivity contribution < 1.29 is 9.32 Å². The Bertz CT molecular complexity index is 788. The van der Waals surface area contributed by atoms with Crippen LogP contribution in [0, 0.1) is 0 Å². The lowest BCUT2D eigenvalue weighted by Crippen LogP contribution is -3.07. The van der Waals surface area contributed by atoms with Crippen molar-refractivity contribution in [1.29, 1.82) is 0 Å². The van der Waals surface area contributed by atoms with Gasteiger partial charge in [-0.1, -0.05) is 35.3 Å². The van der Waals surface area contributed by atoms with Gasteiger partial charge in [-0.3, -0.25) is 0 Å². The summed E-state index contributed by atoms with van der Waals surface area (Å²) in [6.07, 6.45) is 0. The molecule has 3 rings (SSSR count). The lowest BCUT2D eigenvalue weighted by atomic mass is 10.2. The van der Waals surface area contributed by atoms with Crippen molar-refractivity contribution in [2.24, 2.45) is 0 Å². The first-order chi connectivity index (χ1) is 11.0. The van der Waals surface area contributed by atoms with Crippen molar-refractivity contribution in [3.05, 3.63) is 57.2 Å². The first-order valence-corrected chi connectivity index (χ1v) is 8.81. The van der Waals surface area contributed by atoms with Gasteiger partial charge in [-0.2, -0.15) is 0 Å². The van der Waals surface area contributed by atoms with Gasteiger partial charge in [0, 0.05) is 5.56 Å². The van der Waals surface area contributed by atoms with Crippen LogP contribution in [0.1, 0.15) is 24.4 Å². The molecule has 0 aliphatic rings. The molecule has 2 atom stereocenters. The number of benzene rings is 1. The van der Waals surface area contributed by atoms with Crippen LogP contribution >= 0.6 is 34.5 Å². The monoisotopic (exact) mass is 368 g/mol. The second-order valence-corrected chi connectivity index (χ2v) is 7.18. The van der Waals surface area contributed by atoms with Crippen molar-refractivity contribution in [2.75, 3.05) is 7.05 Å². The summed E-state index contributed by atoms with van der Waals surface area (Å²) < 4.78 is 5.81. The molecule has 0 aliphatic carbocycles. The number of nitrogens with zero attached hydrogens (tertiary/aromatic N) is 2. The number of halogens is 2. The summed E-state index contributed by atoms with van der Waals surface area (Å²) in [4.78, 5) is 2.21. The van der Waals surface area contributed by atoms with Gasteiger partial charge in [0.1, 0.15) is 6.54 Å². The van der Waals surface area contributed by atoms with Crippen LogP contribution in [0.25, 0.3) is 10.8 Å². The van der Waals surface area contributed by atoms with E-state index in [1.807, 2.05) is 35.7 Å². The minimum absolute atomic E-state index is 0.0747. The van der Waals surface area contributed by atoms with Crippen molar-refractivity contribution in [3.8, 4) is 10.8 Å². The average molecular weight is 369 g/mol. The summed E-state index contributed by atoms with van der Waals surface area (Å²) in [6, 6.07) is 9.71. The molecule has 7 heteroatoms. The maximum atomic E-state index is 6.07. The molecule has 0 saturated carbocycles. The van der Waals surface area contributed by atoms with Crippen LogP contribution in [0.2, 0.25) is 10.0 Å². The van der Waals surface area contributed by atoms with E-state index in [0.29, 0.717) is 21.8 Å².